The first-order valence-corrected chi connectivity index (χ1v) is 9.63. The van der Waals surface area contributed by atoms with Gasteiger partial charge in [-0.05, 0) is 38.6 Å². The maximum atomic E-state index is 12.8. The van der Waals surface area contributed by atoms with Crippen molar-refractivity contribution in [3.63, 3.8) is 0 Å². The third-order valence-electron chi connectivity index (χ3n) is 3.96. The Hall–Kier alpha value is -2.46. The second-order valence-corrected chi connectivity index (χ2v) is 7.11. The molecule has 0 atom stereocenters. The average Bonchev–Trinajstić information content (AvgIpc) is 3.18. The van der Waals surface area contributed by atoms with Crippen molar-refractivity contribution in [2.75, 3.05) is 30.8 Å². The molecule has 146 valence electrons. The van der Waals surface area contributed by atoms with Crippen LogP contribution < -0.4 is 10.6 Å². The molecule has 0 unspecified atom stereocenters. The van der Waals surface area contributed by atoms with Crippen LogP contribution in [-0.2, 0) is 11.8 Å². The van der Waals surface area contributed by atoms with Crippen LogP contribution in [0.3, 0.4) is 0 Å². The van der Waals surface area contributed by atoms with Gasteiger partial charge in [0.1, 0.15) is 5.00 Å². The van der Waals surface area contributed by atoms with E-state index in [-0.39, 0.29) is 11.0 Å². The Bertz CT molecular complexity index is 855. The van der Waals surface area contributed by atoms with E-state index in [9.17, 15) is 9.59 Å². The highest BCUT2D eigenvalue weighted by molar-refractivity contribution is 7.80. The van der Waals surface area contributed by atoms with Crippen LogP contribution in [0, 0.1) is 6.92 Å². The van der Waals surface area contributed by atoms with Gasteiger partial charge < -0.3 is 20.3 Å². The topological polar surface area (TPSA) is 88.5 Å². The number of nitrogens with one attached hydrogen (secondary N) is 2. The zero-order valence-corrected chi connectivity index (χ0v) is 17.6. The second kappa shape index (κ2) is 8.96. The number of amides is 1. The smallest absolute Gasteiger partial charge is 0.341 e. The lowest BCUT2D eigenvalue weighted by molar-refractivity contribution is 0.0601. The third kappa shape index (κ3) is 4.64. The number of thiocarbonyl (C=S) groups is 1. The minimum atomic E-state index is -0.523. The number of carbonyl (C=O) groups excluding carboxylic acids is 2. The highest BCUT2D eigenvalue weighted by Crippen LogP contribution is 2.34. The molecule has 27 heavy (non-hydrogen) atoms. The Morgan fingerprint density at radius 3 is 2.52 bits per heavy atom. The normalized spacial score (nSPS) is 10.4. The van der Waals surface area contributed by atoms with Gasteiger partial charge in [-0.3, -0.25) is 9.48 Å². The van der Waals surface area contributed by atoms with Crippen LogP contribution in [0.1, 0.15) is 39.4 Å². The molecule has 2 heterocycles. The van der Waals surface area contributed by atoms with E-state index in [2.05, 4.69) is 15.7 Å². The van der Waals surface area contributed by atoms with Gasteiger partial charge in [-0.1, -0.05) is 0 Å². The molecule has 2 N–H and O–H groups in total. The van der Waals surface area contributed by atoms with Gasteiger partial charge in [0.15, 0.2) is 10.9 Å². The molecule has 0 saturated heterocycles. The molecule has 0 radical (unpaired) electrons. The van der Waals surface area contributed by atoms with Crippen molar-refractivity contribution in [1.82, 2.24) is 14.7 Å². The molecule has 1 amide bonds. The van der Waals surface area contributed by atoms with Gasteiger partial charge in [-0.2, -0.15) is 5.10 Å². The Labute approximate surface area is 167 Å². The largest absolute Gasteiger partial charge is 0.465 e. The summed E-state index contributed by atoms with van der Waals surface area (Å²) in [5, 5.41) is 10.9. The van der Waals surface area contributed by atoms with Crippen molar-refractivity contribution in [1.29, 1.82) is 0 Å². The van der Waals surface area contributed by atoms with Crippen molar-refractivity contribution in [3.05, 3.63) is 28.3 Å². The number of esters is 1. The zero-order valence-electron chi connectivity index (χ0n) is 16.0. The van der Waals surface area contributed by atoms with Crippen molar-refractivity contribution >= 4 is 51.4 Å². The molecular weight excluding hydrogens is 386 g/mol. The lowest BCUT2D eigenvalue weighted by Gasteiger charge is -2.17. The van der Waals surface area contributed by atoms with E-state index in [0.29, 0.717) is 39.9 Å². The molecular formula is C17H23N5O3S2. The number of aryl methyl sites for hydroxylation is 1. The summed E-state index contributed by atoms with van der Waals surface area (Å²) < 4.78 is 6.53. The van der Waals surface area contributed by atoms with Crippen molar-refractivity contribution in [2.24, 2.45) is 7.05 Å². The van der Waals surface area contributed by atoms with Crippen molar-refractivity contribution in [2.45, 2.75) is 20.8 Å². The first-order chi connectivity index (χ1) is 12.8. The first kappa shape index (κ1) is 20.8. The molecule has 0 fully saturated rings. The number of hydrogen-bond donors (Lipinski definition) is 2. The zero-order chi connectivity index (χ0) is 20.1. The molecule has 0 aliphatic carbocycles. The van der Waals surface area contributed by atoms with Gasteiger partial charge >= 0.3 is 5.97 Å². The number of anilines is 2. The maximum absolute atomic E-state index is 12.8. The Kier molecular flexibility index (Phi) is 6.92. The summed E-state index contributed by atoms with van der Waals surface area (Å²) >= 11 is 6.50. The van der Waals surface area contributed by atoms with E-state index in [1.165, 1.54) is 18.4 Å². The van der Waals surface area contributed by atoms with Crippen LogP contribution in [0.4, 0.5) is 10.8 Å². The van der Waals surface area contributed by atoms with Gasteiger partial charge in [0, 0.05) is 32.4 Å². The van der Waals surface area contributed by atoms with E-state index in [4.69, 9.17) is 17.0 Å². The highest BCUT2D eigenvalue weighted by Gasteiger charge is 2.27. The molecule has 2 rings (SSSR count). The summed E-state index contributed by atoms with van der Waals surface area (Å²) in [6, 6.07) is 1.77. The predicted octanol–water partition coefficient (Wildman–Crippen LogP) is 2.87. The Morgan fingerprint density at radius 2 is 2.00 bits per heavy atom. The number of thiophene rings is 1. The van der Waals surface area contributed by atoms with Gasteiger partial charge in [0.05, 0.1) is 17.6 Å². The van der Waals surface area contributed by atoms with Gasteiger partial charge in [-0.15, -0.1) is 11.3 Å². The highest BCUT2D eigenvalue weighted by atomic mass is 32.1. The number of hydrogen-bond acceptors (Lipinski definition) is 6. The molecule has 0 spiro atoms. The molecule has 0 aliphatic heterocycles. The first-order valence-electron chi connectivity index (χ1n) is 8.40. The molecule has 0 saturated carbocycles. The van der Waals surface area contributed by atoms with E-state index < -0.39 is 5.97 Å². The number of nitrogens with zero attached hydrogens (tertiary/aromatic N) is 3. The fraction of sp³-hybridized carbons (Fsp3) is 0.412. The Balaban J connectivity index is 2.33. The average molecular weight is 410 g/mol. The number of carbonyl (C=O) groups is 2. The number of methoxy groups -OCH3 is 1. The minimum absolute atomic E-state index is 0.121. The van der Waals surface area contributed by atoms with Gasteiger partial charge in [-0.25, -0.2) is 4.79 Å². The SMILES string of the molecule is CCN(CC)C(=O)c1sc(NC(=S)Nc2ccn(C)n2)c(C(=O)OC)c1C. The predicted molar refractivity (Wildman–Crippen MR) is 111 cm³/mol. The fourth-order valence-electron chi connectivity index (χ4n) is 2.54. The summed E-state index contributed by atoms with van der Waals surface area (Å²) in [7, 11) is 3.10. The maximum Gasteiger partial charge on any atom is 0.341 e. The Morgan fingerprint density at radius 1 is 1.33 bits per heavy atom. The standard InChI is InChI=1S/C17H23N5O3S2/c1-6-22(7-2)15(23)13-10(3)12(16(24)25-5)14(27-13)19-17(26)18-11-8-9-21(4)20-11/h8-9H,6-7H2,1-5H3,(H2,18,19,20,26). The van der Waals surface area contributed by atoms with Crippen molar-refractivity contribution in [3.8, 4) is 0 Å². The van der Waals surface area contributed by atoms with Crippen LogP contribution in [0.15, 0.2) is 12.3 Å². The monoisotopic (exact) mass is 409 g/mol. The van der Waals surface area contributed by atoms with Crippen LogP contribution >= 0.6 is 23.6 Å². The second-order valence-electron chi connectivity index (χ2n) is 5.68. The van der Waals surface area contributed by atoms with Crippen LogP contribution in [0.2, 0.25) is 0 Å². The summed E-state index contributed by atoms with van der Waals surface area (Å²) in [6.45, 7) is 6.73. The number of rotatable bonds is 6. The molecule has 2 aromatic heterocycles. The van der Waals surface area contributed by atoms with Crippen molar-refractivity contribution < 1.29 is 14.3 Å². The number of aromatic nitrogens is 2. The number of ether oxygens (including phenoxy) is 1. The molecule has 10 heteroatoms. The van der Waals surface area contributed by atoms with Crippen LogP contribution in [0.5, 0.6) is 0 Å². The summed E-state index contributed by atoms with van der Waals surface area (Å²) in [5.74, 6) is -0.0721. The summed E-state index contributed by atoms with van der Waals surface area (Å²) in [6.07, 6.45) is 1.78. The van der Waals surface area contributed by atoms with Gasteiger partial charge in [0.2, 0.25) is 0 Å². The summed E-state index contributed by atoms with van der Waals surface area (Å²) in [5.41, 5.74) is 0.884. The molecule has 0 aromatic carbocycles. The van der Waals surface area contributed by atoms with E-state index in [0.717, 1.165) is 0 Å². The van der Waals surface area contributed by atoms with Gasteiger partial charge in [0.25, 0.3) is 5.91 Å². The molecule has 8 nitrogen and oxygen atoms in total. The lowest BCUT2D eigenvalue weighted by atomic mass is 10.1. The molecule has 0 aliphatic rings. The van der Waals surface area contributed by atoms with E-state index in [1.54, 1.807) is 35.8 Å². The fourth-order valence-corrected chi connectivity index (χ4v) is 3.98. The van der Waals surface area contributed by atoms with E-state index >= 15 is 0 Å². The lowest BCUT2D eigenvalue weighted by Crippen LogP contribution is -2.30. The van der Waals surface area contributed by atoms with Crippen LogP contribution in [0.25, 0.3) is 0 Å². The third-order valence-corrected chi connectivity index (χ3v) is 5.36. The summed E-state index contributed by atoms with van der Waals surface area (Å²) in [4.78, 5) is 27.3. The minimum Gasteiger partial charge on any atom is -0.465 e. The molecule has 0 bridgehead atoms. The quantitative estimate of drug-likeness (QED) is 0.560. The molecule has 2 aromatic rings. The van der Waals surface area contributed by atoms with E-state index in [1.807, 2.05) is 13.8 Å². The van der Waals surface area contributed by atoms with Crippen LogP contribution in [-0.4, -0.2) is 51.9 Å².